The lowest BCUT2D eigenvalue weighted by Crippen LogP contribution is -2.49. The van der Waals surface area contributed by atoms with Crippen molar-refractivity contribution >= 4 is 11.6 Å². The predicted molar refractivity (Wildman–Crippen MR) is 72.3 cm³/mol. The summed E-state index contributed by atoms with van der Waals surface area (Å²) < 4.78 is 0. The van der Waals surface area contributed by atoms with Crippen LogP contribution in [0.5, 0.6) is 0 Å². The van der Waals surface area contributed by atoms with E-state index in [9.17, 15) is 4.79 Å². The molecule has 0 atom stereocenters. The van der Waals surface area contributed by atoms with E-state index in [0.717, 1.165) is 17.8 Å². The number of carbonyl (C=O) groups excluding carboxylic acids is 1. The average molecular weight is 234 g/mol. The van der Waals surface area contributed by atoms with E-state index in [1.807, 2.05) is 46.8 Å². The molecule has 3 nitrogen and oxygen atoms in total. The van der Waals surface area contributed by atoms with Crippen molar-refractivity contribution in [2.45, 2.75) is 40.2 Å². The van der Waals surface area contributed by atoms with E-state index in [1.165, 1.54) is 5.56 Å². The van der Waals surface area contributed by atoms with Gasteiger partial charge in [0.15, 0.2) is 0 Å². The fourth-order valence-corrected chi connectivity index (χ4v) is 1.75. The third kappa shape index (κ3) is 3.56. The van der Waals surface area contributed by atoms with Crippen molar-refractivity contribution in [2.75, 3.05) is 11.9 Å². The van der Waals surface area contributed by atoms with Crippen LogP contribution in [-0.2, 0) is 4.79 Å². The van der Waals surface area contributed by atoms with E-state index in [-0.39, 0.29) is 5.91 Å². The van der Waals surface area contributed by atoms with Gasteiger partial charge in [0.05, 0.1) is 5.54 Å². The van der Waals surface area contributed by atoms with Crippen molar-refractivity contribution in [3.63, 3.8) is 0 Å². The van der Waals surface area contributed by atoms with E-state index in [2.05, 4.69) is 16.7 Å². The molecule has 0 aliphatic heterocycles. The van der Waals surface area contributed by atoms with Crippen LogP contribution in [0.2, 0.25) is 0 Å². The number of carbonyl (C=O) groups is 1. The summed E-state index contributed by atoms with van der Waals surface area (Å²) in [7, 11) is 0. The highest BCUT2D eigenvalue weighted by Gasteiger charge is 2.26. The normalized spacial score (nSPS) is 11.4. The van der Waals surface area contributed by atoms with Crippen LogP contribution in [0, 0.1) is 13.8 Å². The molecular formula is C14H22N2O. The molecular weight excluding hydrogens is 212 g/mol. The summed E-state index contributed by atoms with van der Waals surface area (Å²) in [4.78, 5) is 12.1. The first-order chi connectivity index (χ1) is 7.86. The number of hydrogen-bond acceptors (Lipinski definition) is 2. The zero-order valence-electron chi connectivity index (χ0n) is 11.3. The van der Waals surface area contributed by atoms with Crippen molar-refractivity contribution < 1.29 is 4.79 Å². The maximum atomic E-state index is 12.1. The second-order valence-electron chi connectivity index (χ2n) is 4.93. The summed E-state index contributed by atoms with van der Waals surface area (Å²) in [5.41, 5.74) is 2.62. The molecule has 1 aromatic rings. The van der Waals surface area contributed by atoms with Gasteiger partial charge in [-0.15, -0.1) is 0 Å². The smallest absolute Gasteiger partial charge is 0.244 e. The molecule has 0 aliphatic carbocycles. The monoisotopic (exact) mass is 234 g/mol. The first-order valence-electron chi connectivity index (χ1n) is 6.00. The minimum atomic E-state index is -0.550. The molecule has 0 unspecified atom stereocenters. The molecule has 0 bridgehead atoms. The Morgan fingerprint density at radius 2 is 1.94 bits per heavy atom. The van der Waals surface area contributed by atoms with Gasteiger partial charge in [0.25, 0.3) is 0 Å². The second-order valence-corrected chi connectivity index (χ2v) is 4.93. The van der Waals surface area contributed by atoms with E-state index in [0.29, 0.717) is 0 Å². The van der Waals surface area contributed by atoms with Crippen molar-refractivity contribution in [2.24, 2.45) is 0 Å². The summed E-state index contributed by atoms with van der Waals surface area (Å²) in [6.45, 7) is 10.6. The Labute approximate surface area is 104 Å². The van der Waals surface area contributed by atoms with E-state index in [4.69, 9.17) is 0 Å². The van der Waals surface area contributed by atoms with Crippen LogP contribution < -0.4 is 10.6 Å². The minimum Gasteiger partial charge on any atom is -0.324 e. The Bertz CT molecular complexity index is 411. The van der Waals surface area contributed by atoms with Gasteiger partial charge in [-0.2, -0.15) is 0 Å². The fraction of sp³-hybridized carbons (Fsp3) is 0.500. The first kappa shape index (κ1) is 13.7. The van der Waals surface area contributed by atoms with Gasteiger partial charge >= 0.3 is 0 Å². The van der Waals surface area contributed by atoms with Gasteiger partial charge in [0, 0.05) is 5.69 Å². The molecule has 0 heterocycles. The Morgan fingerprint density at radius 1 is 1.29 bits per heavy atom. The molecule has 0 fully saturated rings. The van der Waals surface area contributed by atoms with Crippen LogP contribution in [0.4, 0.5) is 5.69 Å². The van der Waals surface area contributed by atoms with Gasteiger partial charge in [0.2, 0.25) is 5.91 Å². The number of anilines is 1. The van der Waals surface area contributed by atoms with Gasteiger partial charge in [-0.25, -0.2) is 0 Å². The van der Waals surface area contributed by atoms with Crippen LogP contribution in [0.1, 0.15) is 31.9 Å². The van der Waals surface area contributed by atoms with Crippen molar-refractivity contribution in [3.05, 3.63) is 29.3 Å². The van der Waals surface area contributed by atoms with E-state index >= 15 is 0 Å². The SMILES string of the molecule is CCNC(C)(C)C(=O)Nc1ccc(C)cc1C. The molecule has 0 radical (unpaired) electrons. The number of rotatable bonds is 4. The topological polar surface area (TPSA) is 41.1 Å². The molecule has 0 aromatic heterocycles. The molecule has 1 aromatic carbocycles. The number of nitrogens with one attached hydrogen (secondary N) is 2. The lowest BCUT2D eigenvalue weighted by molar-refractivity contribution is -0.121. The van der Waals surface area contributed by atoms with Gasteiger partial charge in [-0.1, -0.05) is 24.6 Å². The fourth-order valence-electron chi connectivity index (χ4n) is 1.75. The minimum absolute atomic E-state index is 0.00805. The Hall–Kier alpha value is -1.35. The summed E-state index contributed by atoms with van der Waals surface area (Å²) >= 11 is 0. The first-order valence-corrected chi connectivity index (χ1v) is 6.00. The van der Waals surface area contributed by atoms with Gasteiger partial charge in [-0.05, 0) is 45.9 Å². The zero-order chi connectivity index (χ0) is 13.1. The number of amides is 1. The summed E-state index contributed by atoms with van der Waals surface area (Å²) in [6, 6.07) is 6.02. The van der Waals surface area contributed by atoms with Crippen LogP contribution in [0.25, 0.3) is 0 Å². The maximum Gasteiger partial charge on any atom is 0.244 e. The quantitative estimate of drug-likeness (QED) is 0.841. The molecule has 2 N–H and O–H groups in total. The summed E-state index contributed by atoms with van der Waals surface area (Å²) in [5, 5.41) is 6.12. The van der Waals surface area contributed by atoms with Gasteiger partial charge in [-0.3, -0.25) is 4.79 Å². The third-order valence-corrected chi connectivity index (χ3v) is 2.82. The largest absolute Gasteiger partial charge is 0.324 e. The molecule has 0 spiro atoms. The van der Waals surface area contributed by atoms with Gasteiger partial charge in [0.1, 0.15) is 0 Å². The van der Waals surface area contributed by atoms with Crippen LogP contribution in [0.15, 0.2) is 18.2 Å². The number of likely N-dealkylation sites (N-methyl/N-ethyl adjacent to an activating group) is 1. The van der Waals surface area contributed by atoms with E-state index < -0.39 is 5.54 Å². The molecule has 0 saturated heterocycles. The van der Waals surface area contributed by atoms with Crippen LogP contribution >= 0.6 is 0 Å². The Morgan fingerprint density at radius 3 is 2.47 bits per heavy atom. The molecule has 1 amide bonds. The molecule has 0 aliphatic rings. The summed E-state index contributed by atoms with van der Waals surface area (Å²) in [6.07, 6.45) is 0. The highest BCUT2D eigenvalue weighted by atomic mass is 16.2. The molecule has 1 rings (SSSR count). The highest BCUT2D eigenvalue weighted by molar-refractivity contribution is 5.98. The second kappa shape index (κ2) is 5.32. The lowest BCUT2D eigenvalue weighted by Gasteiger charge is -2.25. The van der Waals surface area contributed by atoms with Crippen molar-refractivity contribution in [1.29, 1.82) is 0 Å². The maximum absolute atomic E-state index is 12.1. The molecule has 17 heavy (non-hydrogen) atoms. The van der Waals surface area contributed by atoms with Crippen molar-refractivity contribution in [3.8, 4) is 0 Å². The Balaban J connectivity index is 2.81. The number of benzene rings is 1. The van der Waals surface area contributed by atoms with Crippen LogP contribution in [0.3, 0.4) is 0 Å². The lowest BCUT2D eigenvalue weighted by atomic mass is 10.0. The highest BCUT2D eigenvalue weighted by Crippen LogP contribution is 2.17. The summed E-state index contributed by atoms with van der Waals surface area (Å²) in [5.74, 6) is -0.00805. The third-order valence-electron chi connectivity index (χ3n) is 2.82. The Kier molecular flexibility index (Phi) is 4.29. The van der Waals surface area contributed by atoms with Crippen LogP contribution in [-0.4, -0.2) is 18.0 Å². The van der Waals surface area contributed by atoms with E-state index in [1.54, 1.807) is 0 Å². The van der Waals surface area contributed by atoms with Crippen molar-refractivity contribution in [1.82, 2.24) is 5.32 Å². The predicted octanol–water partition coefficient (Wildman–Crippen LogP) is 2.63. The number of aryl methyl sites for hydroxylation is 2. The zero-order valence-corrected chi connectivity index (χ0v) is 11.3. The molecule has 94 valence electrons. The molecule has 0 saturated carbocycles. The molecule has 3 heteroatoms. The standard InChI is InChI=1S/C14H22N2O/c1-6-15-14(4,5)13(17)16-12-8-7-10(2)9-11(12)3/h7-9,15H,6H2,1-5H3,(H,16,17). The van der Waals surface area contributed by atoms with Gasteiger partial charge < -0.3 is 10.6 Å². The average Bonchev–Trinajstić information content (AvgIpc) is 2.22. The number of hydrogen-bond donors (Lipinski definition) is 2.